The molecular formula is C13H20Cl2N2. The van der Waals surface area contributed by atoms with E-state index in [4.69, 9.17) is 0 Å². The summed E-state index contributed by atoms with van der Waals surface area (Å²) >= 11 is 0. The fourth-order valence-corrected chi connectivity index (χ4v) is 2.92. The lowest BCUT2D eigenvalue weighted by molar-refractivity contribution is 0.243. The normalized spacial score (nSPS) is 26.0. The SMILES string of the molecule is Cc1ccc2c(c1)C1CN(C)CCC1N2.Cl.Cl. The van der Waals surface area contributed by atoms with Crippen molar-refractivity contribution in [2.75, 3.05) is 25.5 Å². The van der Waals surface area contributed by atoms with Gasteiger partial charge in [0, 0.05) is 24.2 Å². The molecule has 0 bridgehead atoms. The number of fused-ring (bicyclic) bond motifs is 3. The third-order valence-electron chi connectivity index (χ3n) is 3.76. The van der Waals surface area contributed by atoms with Crippen LogP contribution in [0, 0.1) is 6.92 Å². The molecule has 0 aliphatic carbocycles. The van der Waals surface area contributed by atoms with Gasteiger partial charge in [-0.2, -0.15) is 0 Å². The molecule has 96 valence electrons. The average molecular weight is 275 g/mol. The highest BCUT2D eigenvalue weighted by Gasteiger charge is 2.35. The Morgan fingerprint density at radius 1 is 1.29 bits per heavy atom. The highest BCUT2D eigenvalue weighted by molar-refractivity contribution is 5.85. The number of hydrogen-bond acceptors (Lipinski definition) is 2. The van der Waals surface area contributed by atoms with E-state index >= 15 is 0 Å². The van der Waals surface area contributed by atoms with E-state index in [1.165, 1.54) is 36.3 Å². The minimum Gasteiger partial charge on any atom is -0.381 e. The van der Waals surface area contributed by atoms with E-state index in [0.29, 0.717) is 12.0 Å². The molecule has 2 aliphatic rings. The number of anilines is 1. The van der Waals surface area contributed by atoms with E-state index in [1.54, 1.807) is 0 Å². The van der Waals surface area contributed by atoms with Gasteiger partial charge in [-0.25, -0.2) is 0 Å². The molecule has 0 aromatic heterocycles. The number of nitrogens with zero attached hydrogens (tertiary/aromatic N) is 1. The van der Waals surface area contributed by atoms with Crippen molar-refractivity contribution in [1.29, 1.82) is 0 Å². The molecule has 2 aliphatic heterocycles. The van der Waals surface area contributed by atoms with E-state index in [2.05, 4.69) is 42.4 Å². The molecule has 0 amide bonds. The summed E-state index contributed by atoms with van der Waals surface area (Å²) in [6, 6.07) is 7.47. The summed E-state index contributed by atoms with van der Waals surface area (Å²) in [6.45, 7) is 4.61. The number of rotatable bonds is 0. The number of benzene rings is 1. The molecule has 1 saturated heterocycles. The van der Waals surface area contributed by atoms with Gasteiger partial charge in [0.2, 0.25) is 0 Å². The third-order valence-corrected chi connectivity index (χ3v) is 3.76. The Hall–Kier alpha value is -0.440. The quantitative estimate of drug-likeness (QED) is 0.783. The Labute approximate surface area is 116 Å². The molecule has 3 rings (SSSR count). The van der Waals surface area contributed by atoms with Gasteiger partial charge >= 0.3 is 0 Å². The molecule has 0 spiro atoms. The van der Waals surface area contributed by atoms with E-state index in [-0.39, 0.29) is 24.8 Å². The Bertz CT molecular complexity index is 395. The van der Waals surface area contributed by atoms with Crippen molar-refractivity contribution < 1.29 is 0 Å². The Morgan fingerprint density at radius 3 is 2.82 bits per heavy atom. The first-order valence-electron chi connectivity index (χ1n) is 5.79. The summed E-state index contributed by atoms with van der Waals surface area (Å²) in [7, 11) is 2.23. The van der Waals surface area contributed by atoms with Crippen LogP contribution in [0.1, 0.15) is 23.5 Å². The lowest BCUT2D eigenvalue weighted by Crippen LogP contribution is -2.39. The van der Waals surface area contributed by atoms with Crippen LogP contribution in [0.2, 0.25) is 0 Å². The van der Waals surface area contributed by atoms with Crippen LogP contribution >= 0.6 is 24.8 Å². The monoisotopic (exact) mass is 274 g/mol. The molecule has 0 radical (unpaired) electrons. The van der Waals surface area contributed by atoms with E-state index in [0.717, 1.165) is 0 Å². The largest absolute Gasteiger partial charge is 0.381 e. The zero-order valence-corrected chi connectivity index (χ0v) is 11.9. The fraction of sp³-hybridized carbons (Fsp3) is 0.538. The second-order valence-corrected chi connectivity index (χ2v) is 5.00. The molecule has 2 atom stereocenters. The van der Waals surface area contributed by atoms with E-state index in [9.17, 15) is 0 Å². The maximum absolute atomic E-state index is 3.66. The fourth-order valence-electron chi connectivity index (χ4n) is 2.92. The molecule has 2 nitrogen and oxygen atoms in total. The Balaban J connectivity index is 0.000000722. The zero-order chi connectivity index (χ0) is 10.4. The standard InChI is InChI=1S/C13H18N2.2ClH/c1-9-3-4-12-10(7-9)11-8-15(2)6-5-13(11)14-12;;/h3-4,7,11,13-14H,5-6,8H2,1-2H3;2*1H. The second kappa shape index (κ2) is 5.47. The maximum Gasteiger partial charge on any atom is 0.0379 e. The van der Waals surface area contributed by atoms with Gasteiger partial charge in [0.25, 0.3) is 0 Å². The van der Waals surface area contributed by atoms with Gasteiger partial charge in [-0.1, -0.05) is 17.7 Å². The summed E-state index contributed by atoms with van der Waals surface area (Å²) < 4.78 is 0. The average Bonchev–Trinajstić information content (AvgIpc) is 2.56. The number of hydrogen-bond donors (Lipinski definition) is 1. The first-order chi connectivity index (χ1) is 7.24. The van der Waals surface area contributed by atoms with Gasteiger partial charge in [0.05, 0.1) is 0 Å². The minimum absolute atomic E-state index is 0. The number of likely N-dealkylation sites (N-methyl/N-ethyl adjacent to an activating group) is 1. The number of halogens is 2. The van der Waals surface area contributed by atoms with Crippen molar-refractivity contribution in [1.82, 2.24) is 4.90 Å². The minimum atomic E-state index is 0. The summed E-state index contributed by atoms with van der Waals surface area (Å²) in [5.41, 5.74) is 4.28. The van der Waals surface area contributed by atoms with Crippen molar-refractivity contribution in [3.63, 3.8) is 0 Å². The third kappa shape index (κ3) is 2.54. The second-order valence-electron chi connectivity index (χ2n) is 5.00. The molecule has 1 fully saturated rings. The van der Waals surface area contributed by atoms with E-state index < -0.39 is 0 Å². The van der Waals surface area contributed by atoms with Crippen molar-refractivity contribution in [2.24, 2.45) is 0 Å². The highest BCUT2D eigenvalue weighted by Crippen LogP contribution is 2.40. The van der Waals surface area contributed by atoms with Crippen molar-refractivity contribution in [3.8, 4) is 0 Å². The summed E-state index contributed by atoms with van der Waals surface area (Å²) in [5, 5.41) is 3.66. The van der Waals surface area contributed by atoms with Gasteiger partial charge in [-0.15, -0.1) is 24.8 Å². The van der Waals surface area contributed by atoms with Crippen molar-refractivity contribution >= 4 is 30.5 Å². The Morgan fingerprint density at radius 2 is 2.06 bits per heavy atom. The predicted molar refractivity (Wildman–Crippen MR) is 77.9 cm³/mol. The van der Waals surface area contributed by atoms with Crippen LogP contribution < -0.4 is 5.32 Å². The molecule has 2 heterocycles. The summed E-state index contributed by atoms with van der Waals surface area (Å²) in [4.78, 5) is 2.44. The molecule has 1 aromatic carbocycles. The van der Waals surface area contributed by atoms with Gasteiger partial charge in [-0.05, 0) is 38.6 Å². The van der Waals surface area contributed by atoms with Gasteiger partial charge in [0.15, 0.2) is 0 Å². The van der Waals surface area contributed by atoms with Crippen LogP contribution in [-0.4, -0.2) is 31.1 Å². The maximum atomic E-state index is 3.66. The lowest BCUT2D eigenvalue weighted by atomic mass is 9.89. The summed E-state index contributed by atoms with van der Waals surface area (Å²) in [5.74, 6) is 0.707. The number of nitrogens with one attached hydrogen (secondary N) is 1. The lowest BCUT2D eigenvalue weighted by Gasteiger charge is -2.32. The Kier molecular flexibility index (Phi) is 4.70. The van der Waals surface area contributed by atoms with Crippen molar-refractivity contribution in [3.05, 3.63) is 29.3 Å². The molecule has 1 aromatic rings. The number of piperidine rings is 1. The van der Waals surface area contributed by atoms with E-state index in [1.807, 2.05) is 0 Å². The smallest absolute Gasteiger partial charge is 0.0379 e. The molecular weight excluding hydrogens is 255 g/mol. The first-order valence-corrected chi connectivity index (χ1v) is 5.79. The molecule has 17 heavy (non-hydrogen) atoms. The van der Waals surface area contributed by atoms with Gasteiger partial charge < -0.3 is 10.2 Å². The number of likely N-dealkylation sites (tertiary alicyclic amines) is 1. The van der Waals surface area contributed by atoms with Crippen LogP contribution in [0.3, 0.4) is 0 Å². The predicted octanol–water partition coefficient (Wildman–Crippen LogP) is 3.05. The highest BCUT2D eigenvalue weighted by atomic mass is 35.5. The topological polar surface area (TPSA) is 15.3 Å². The van der Waals surface area contributed by atoms with Gasteiger partial charge in [0.1, 0.15) is 0 Å². The first kappa shape index (κ1) is 14.6. The molecule has 2 unspecified atom stereocenters. The van der Waals surface area contributed by atoms with Crippen molar-refractivity contribution in [2.45, 2.75) is 25.3 Å². The summed E-state index contributed by atoms with van der Waals surface area (Å²) in [6.07, 6.45) is 1.27. The van der Waals surface area contributed by atoms with Gasteiger partial charge in [-0.3, -0.25) is 0 Å². The van der Waals surface area contributed by atoms with Crippen LogP contribution in [-0.2, 0) is 0 Å². The van der Waals surface area contributed by atoms with Crippen LogP contribution in [0.5, 0.6) is 0 Å². The molecule has 4 heteroatoms. The zero-order valence-electron chi connectivity index (χ0n) is 10.3. The van der Waals surface area contributed by atoms with Crippen LogP contribution in [0.25, 0.3) is 0 Å². The number of aryl methyl sites for hydroxylation is 1. The molecule has 1 N–H and O–H groups in total. The van der Waals surface area contributed by atoms with Crippen LogP contribution in [0.4, 0.5) is 5.69 Å². The van der Waals surface area contributed by atoms with Crippen LogP contribution in [0.15, 0.2) is 18.2 Å². The molecule has 0 saturated carbocycles.